The molecule has 156 valence electrons. The van der Waals surface area contributed by atoms with Gasteiger partial charge in [0.25, 0.3) is 5.91 Å². The highest BCUT2D eigenvalue weighted by Gasteiger charge is 2.17. The number of rotatable bonds is 4. The number of nitrogens with one attached hydrogen (secondary N) is 2. The Morgan fingerprint density at radius 3 is 2.72 bits per heavy atom. The first-order valence-electron chi connectivity index (χ1n) is 10.4. The van der Waals surface area contributed by atoms with Gasteiger partial charge in [0.15, 0.2) is 0 Å². The molecule has 1 aromatic heterocycles. The summed E-state index contributed by atoms with van der Waals surface area (Å²) >= 11 is 0. The lowest BCUT2D eigenvalue weighted by molar-refractivity contribution is 0.102. The molecule has 5 heteroatoms. The SMILES string of the molecule is C=Cc1cccnc1C(=O)Nc1ccc(N2C=CCNc3c2ccc2ccccc32)cc1. The van der Waals surface area contributed by atoms with Crippen LogP contribution in [-0.4, -0.2) is 17.4 Å². The quantitative estimate of drug-likeness (QED) is 0.414. The molecule has 0 aliphatic carbocycles. The fourth-order valence-electron chi connectivity index (χ4n) is 3.94. The molecule has 0 bridgehead atoms. The summed E-state index contributed by atoms with van der Waals surface area (Å²) in [4.78, 5) is 19.0. The Morgan fingerprint density at radius 2 is 1.88 bits per heavy atom. The van der Waals surface area contributed by atoms with Crippen molar-refractivity contribution in [1.29, 1.82) is 0 Å². The number of anilines is 4. The lowest BCUT2D eigenvalue weighted by Gasteiger charge is -2.23. The lowest BCUT2D eigenvalue weighted by atomic mass is 10.1. The first kappa shape index (κ1) is 19.6. The molecule has 0 atom stereocenters. The zero-order valence-electron chi connectivity index (χ0n) is 17.5. The highest BCUT2D eigenvalue weighted by Crippen LogP contribution is 2.39. The maximum Gasteiger partial charge on any atom is 0.274 e. The number of carbonyl (C=O) groups is 1. The molecule has 0 spiro atoms. The van der Waals surface area contributed by atoms with E-state index in [1.807, 2.05) is 30.3 Å². The van der Waals surface area contributed by atoms with Gasteiger partial charge < -0.3 is 15.5 Å². The van der Waals surface area contributed by atoms with E-state index in [0.717, 1.165) is 23.6 Å². The van der Waals surface area contributed by atoms with Crippen molar-refractivity contribution >= 4 is 45.5 Å². The Bertz CT molecular complexity index is 1340. The number of aromatic nitrogens is 1. The summed E-state index contributed by atoms with van der Waals surface area (Å²) in [5.74, 6) is -0.260. The van der Waals surface area contributed by atoms with Crippen LogP contribution in [0.1, 0.15) is 16.1 Å². The van der Waals surface area contributed by atoms with Gasteiger partial charge in [0.1, 0.15) is 5.69 Å². The Balaban J connectivity index is 1.44. The molecule has 0 saturated carbocycles. The molecule has 0 saturated heterocycles. The van der Waals surface area contributed by atoms with Crippen LogP contribution < -0.4 is 15.5 Å². The molecule has 2 N–H and O–H groups in total. The third kappa shape index (κ3) is 3.61. The first-order valence-corrected chi connectivity index (χ1v) is 10.4. The number of hydrogen-bond acceptors (Lipinski definition) is 4. The number of hydrogen-bond donors (Lipinski definition) is 2. The Labute approximate surface area is 186 Å². The fraction of sp³-hybridized carbons (Fsp3) is 0.0370. The van der Waals surface area contributed by atoms with E-state index in [9.17, 15) is 4.79 Å². The summed E-state index contributed by atoms with van der Waals surface area (Å²) in [6.07, 6.45) is 7.41. The molecule has 0 radical (unpaired) electrons. The molecule has 4 aromatic rings. The molecule has 0 unspecified atom stereocenters. The summed E-state index contributed by atoms with van der Waals surface area (Å²) in [5.41, 5.74) is 4.96. The van der Waals surface area contributed by atoms with Crippen LogP contribution in [0, 0.1) is 0 Å². The molecule has 5 rings (SSSR count). The van der Waals surface area contributed by atoms with E-state index >= 15 is 0 Å². The van der Waals surface area contributed by atoms with Crippen molar-refractivity contribution in [1.82, 2.24) is 4.98 Å². The molecule has 0 fully saturated rings. The summed E-state index contributed by atoms with van der Waals surface area (Å²) in [7, 11) is 0. The number of carbonyl (C=O) groups excluding carboxylic acids is 1. The van der Waals surface area contributed by atoms with Gasteiger partial charge in [-0.2, -0.15) is 0 Å². The normalized spacial score (nSPS) is 12.6. The average Bonchev–Trinajstić information content (AvgIpc) is 3.07. The zero-order valence-corrected chi connectivity index (χ0v) is 17.5. The molecule has 2 heterocycles. The fourth-order valence-corrected chi connectivity index (χ4v) is 3.94. The van der Waals surface area contributed by atoms with E-state index in [0.29, 0.717) is 16.9 Å². The van der Waals surface area contributed by atoms with E-state index in [-0.39, 0.29) is 5.91 Å². The van der Waals surface area contributed by atoms with Crippen LogP contribution in [0.25, 0.3) is 16.8 Å². The predicted octanol–water partition coefficient (Wildman–Crippen LogP) is 6.21. The Kier molecular flexibility index (Phi) is 5.14. The minimum atomic E-state index is -0.260. The van der Waals surface area contributed by atoms with Crippen molar-refractivity contribution in [2.45, 2.75) is 0 Å². The van der Waals surface area contributed by atoms with E-state index in [4.69, 9.17) is 0 Å². The van der Waals surface area contributed by atoms with Crippen molar-refractivity contribution in [2.75, 3.05) is 22.1 Å². The summed E-state index contributed by atoms with van der Waals surface area (Å²) < 4.78 is 0. The minimum absolute atomic E-state index is 0.260. The van der Waals surface area contributed by atoms with Crippen LogP contribution in [0.5, 0.6) is 0 Å². The van der Waals surface area contributed by atoms with Crippen molar-refractivity contribution in [3.63, 3.8) is 0 Å². The van der Waals surface area contributed by atoms with E-state index in [1.165, 1.54) is 10.8 Å². The average molecular weight is 419 g/mol. The third-order valence-electron chi connectivity index (χ3n) is 5.49. The molecular formula is C27H22N4O. The van der Waals surface area contributed by atoms with Crippen LogP contribution in [0.2, 0.25) is 0 Å². The largest absolute Gasteiger partial charge is 0.379 e. The number of benzene rings is 3. The van der Waals surface area contributed by atoms with Crippen LogP contribution in [0.3, 0.4) is 0 Å². The van der Waals surface area contributed by atoms with E-state index < -0.39 is 0 Å². The number of fused-ring (bicyclic) bond motifs is 3. The zero-order chi connectivity index (χ0) is 21.9. The minimum Gasteiger partial charge on any atom is -0.379 e. The van der Waals surface area contributed by atoms with Gasteiger partial charge in [-0.1, -0.05) is 49.1 Å². The number of nitrogens with zero attached hydrogens (tertiary/aromatic N) is 2. The Hall–Kier alpha value is -4.38. The predicted molar refractivity (Wildman–Crippen MR) is 132 cm³/mol. The molecule has 32 heavy (non-hydrogen) atoms. The maximum absolute atomic E-state index is 12.7. The highest BCUT2D eigenvalue weighted by molar-refractivity contribution is 6.05. The van der Waals surface area contributed by atoms with Gasteiger partial charge in [0.05, 0.1) is 11.4 Å². The number of pyridine rings is 1. The van der Waals surface area contributed by atoms with Gasteiger partial charge in [-0.25, -0.2) is 0 Å². The second kappa shape index (κ2) is 8.40. The number of amides is 1. The topological polar surface area (TPSA) is 57.3 Å². The second-order valence-corrected chi connectivity index (χ2v) is 7.46. The Morgan fingerprint density at radius 1 is 1.03 bits per heavy atom. The smallest absolute Gasteiger partial charge is 0.274 e. The molecule has 3 aromatic carbocycles. The summed E-state index contributed by atoms with van der Waals surface area (Å²) in [5, 5.41) is 8.85. The molecular weight excluding hydrogens is 396 g/mol. The third-order valence-corrected chi connectivity index (χ3v) is 5.49. The van der Waals surface area contributed by atoms with Gasteiger partial charge in [-0.15, -0.1) is 0 Å². The summed E-state index contributed by atoms with van der Waals surface area (Å²) in [6.45, 7) is 4.50. The molecule has 1 amide bonds. The maximum atomic E-state index is 12.7. The van der Waals surface area contributed by atoms with Crippen LogP contribution >= 0.6 is 0 Å². The van der Waals surface area contributed by atoms with Crippen LogP contribution in [0.15, 0.2) is 97.8 Å². The molecule has 1 aliphatic rings. The monoisotopic (exact) mass is 418 g/mol. The standard InChI is InChI=1S/C27H22N4O/c1-2-19-8-5-16-28-25(19)27(32)30-21-11-13-22(14-12-21)31-18-6-17-29-26-23-9-4-3-7-20(23)10-15-24(26)31/h2-16,18,29H,1,17H2,(H,30,32). The molecule has 5 nitrogen and oxygen atoms in total. The first-order chi connectivity index (χ1) is 15.7. The van der Waals surface area contributed by atoms with Gasteiger partial charge in [0.2, 0.25) is 0 Å². The van der Waals surface area contributed by atoms with E-state index in [2.05, 4.69) is 75.8 Å². The summed E-state index contributed by atoms with van der Waals surface area (Å²) in [6, 6.07) is 24.0. The van der Waals surface area contributed by atoms with Gasteiger partial charge in [-0.3, -0.25) is 9.78 Å². The van der Waals surface area contributed by atoms with Crippen LogP contribution in [-0.2, 0) is 0 Å². The second-order valence-electron chi connectivity index (χ2n) is 7.46. The van der Waals surface area contributed by atoms with Crippen molar-refractivity contribution in [2.24, 2.45) is 0 Å². The molecule has 1 aliphatic heterocycles. The lowest BCUT2D eigenvalue weighted by Crippen LogP contribution is -2.15. The van der Waals surface area contributed by atoms with Gasteiger partial charge >= 0.3 is 0 Å². The highest BCUT2D eigenvalue weighted by atomic mass is 16.1. The van der Waals surface area contributed by atoms with Crippen molar-refractivity contribution in [3.05, 3.63) is 109 Å². The van der Waals surface area contributed by atoms with Crippen LogP contribution in [0.4, 0.5) is 22.7 Å². The van der Waals surface area contributed by atoms with Crippen molar-refractivity contribution in [3.8, 4) is 0 Å². The van der Waals surface area contributed by atoms with Crippen molar-refractivity contribution < 1.29 is 4.79 Å². The van der Waals surface area contributed by atoms with Gasteiger partial charge in [-0.05, 0) is 47.9 Å². The van der Waals surface area contributed by atoms with Gasteiger partial charge in [0, 0.05) is 41.3 Å². The van der Waals surface area contributed by atoms with E-state index in [1.54, 1.807) is 18.3 Å².